The molecule has 0 aromatic carbocycles. The zero-order valence-electron chi connectivity index (χ0n) is 8.69. The van der Waals surface area contributed by atoms with Crippen LogP contribution in [0.25, 0.3) is 0 Å². The van der Waals surface area contributed by atoms with Crippen LogP contribution in [0.4, 0.5) is 0 Å². The zero-order valence-corrected chi connectivity index (χ0v) is 10.3. The van der Waals surface area contributed by atoms with Crippen LogP contribution in [0, 0.1) is 0 Å². The van der Waals surface area contributed by atoms with Crippen LogP contribution in [-0.2, 0) is 13.0 Å². The van der Waals surface area contributed by atoms with E-state index in [2.05, 4.69) is 34.7 Å². The van der Waals surface area contributed by atoms with E-state index in [9.17, 15) is 0 Å². The van der Waals surface area contributed by atoms with Crippen LogP contribution in [0.3, 0.4) is 0 Å². The van der Waals surface area contributed by atoms with Gasteiger partial charge in [0.25, 0.3) is 0 Å². The topological polar surface area (TPSA) is 24.9 Å². The van der Waals surface area contributed by atoms with Crippen molar-refractivity contribution in [1.29, 1.82) is 0 Å². The molecule has 0 spiro atoms. The SMILES string of the molecule is CCNCc1cnc(Cc2cccs2)s1. The van der Waals surface area contributed by atoms with Gasteiger partial charge < -0.3 is 5.32 Å². The molecule has 0 atom stereocenters. The van der Waals surface area contributed by atoms with E-state index in [0.29, 0.717) is 0 Å². The maximum atomic E-state index is 4.43. The number of thiazole rings is 1. The summed E-state index contributed by atoms with van der Waals surface area (Å²) in [6.45, 7) is 4.07. The number of nitrogens with zero attached hydrogens (tertiary/aromatic N) is 1. The van der Waals surface area contributed by atoms with Gasteiger partial charge in [0.05, 0.1) is 5.01 Å². The van der Waals surface area contributed by atoms with Gasteiger partial charge in [0.1, 0.15) is 0 Å². The predicted molar refractivity (Wildman–Crippen MR) is 66.6 cm³/mol. The minimum atomic E-state index is 0.943. The van der Waals surface area contributed by atoms with E-state index in [-0.39, 0.29) is 0 Å². The minimum absolute atomic E-state index is 0.943. The first-order valence-corrected chi connectivity index (χ1v) is 6.74. The van der Waals surface area contributed by atoms with Crippen molar-refractivity contribution in [2.24, 2.45) is 0 Å². The van der Waals surface area contributed by atoms with Crippen LogP contribution in [-0.4, -0.2) is 11.5 Å². The van der Waals surface area contributed by atoms with E-state index in [1.54, 1.807) is 22.7 Å². The van der Waals surface area contributed by atoms with Crippen molar-refractivity contribution >= 4 is 22.7 Å². The number of thiophene rings is 1. The van der Waals surface area contributed by atoms with E-state index in [0.717, 1.165) is 19.5 Å². The van der Waals surface area contributed by atoms with Crippen molar-refractivity contribution in [3.8, 4) is 0 Å². The van der Waals surface area contributed by atoms with Gasteiger partial charge in [-0.1, -0.05) is 13.0 Å². The molecular weight excluding hydrogens is 224 g/mol. The van der Waals surface area contributed by atoms with Crippen molar-refractivity contribution in [3.63, 3.8) is 0 Å². The Morgan fingerprint density at radius 1 is 1.40 bits per heavy atom. The Labute approximate surface area is 98.0 Å². The summed E-state index contributed by atoms with van der Waals surface area (Å²) in [4.78, 5) is 7.14. The summed E-state index contributed by atoms with van der Waals surface area (Å²) in [5, 5.41) is 6.64. The molecule has 0 bridgehead atoms. The third kappa shape index (κ3) is 3.12. The number of aromatic nitrogens is 1. The van der Waals surface area contributed by atoms with Crippen LogP contribution < -0.4 is 5.32 Å². The summed E-state index contributed by atoms with van der Waals surface area (Å²) >= 11 is 3.60. The van der Waals surface area contributed by atoms with Gasteiger partial charge in [0.2, 0.25) is 0 Å². The normalized spacial score (nSPS) is 10.7. The quantitative estimate of drug-likeness (QED) is 0.866. The lowest BCUT2D eigenvalue weighted by Crippen LogP contribution is -2.10. The lowest BCUT2D eigenvalue weighted by molar-refractivity contribution is 0.734. The number of hydrogen-bond donors (Lipinski definition) is 1. The van der Waals surface area contributed by atoms with Gasteiger partial charge in [0, 0.05) is 28.9 Å². The van der Waals surface area contributed by atoms with E-state index in [1.807, 2.05) is 6.20 Å². The molecule has 2 aromatic rings. The van der Waals surface area contributed by atoms with Crippen LogP contribution in [0.15, 0.2) is 23.7 Å². The summed E-state index contributed by atoms with van der Waals surface area (Å²) in [7, 11) is 0. The van der Waals surface area contributed by atoms with Gasteiger partial charge in [-0.15, -0.1) is 22.7 Å². The van der Waals surface area contributed by atoms with Gasteiger partial charge in [-0.05, 0) is 18.0 Å². The molecule has 0 aliphatic rings. The monoisotopic (exact) mass is 238 g/mol. The Kier molecular flexibility index (Phi) is 3.88. The average molecular weight is 238 g/mol. The lowest BCUT2D eigenvalue weighted by atomic mass is 10.4. The second-order valence-electron chi connectivity index (χ2n) is 3.26. The molecule has 15 heavy (non-hydrogen) atoms. The van der Waals surface area contributed by atoms with Gasteiger partial charge in [-0.2, -0.15) is 0 Å². The minimum Gasteiger partial charge on any atom is -0.312 e. The van der Waals surface area contributed by atoms with E-state index in [1.165, 1.54) is 14.8 Å². The fourth-order valence-electron chi connectivity index (χ4n) is 1.32. The van der Waals surface area contributed by atoms with Crippen LogP contribution in [0.2, 0.25) is 0 Å². The van der Waals surface area contributed by atoms with Crippen molar-refractivity contribution < 1.29 is 0 Å². The Morgan fingerprint density at radius 3 is 3.07 bits per heavy atom. The molecule has 80 valence electrons. The third-order valence-electron chi connectivity index (χ3n) is 2.06. The van der Waals surface area contributed by atoms with E-state index < -0.39 is 0 Å². The average Bonchev–Trinajstić information content (AvgIpc) is 2.87. The first-order chi connectivity index (χ1) is 7.38. The molecule has 0 aliphatic carbocycles. The Balaban J connectivity index is 1.95. The van der Waals surface area contributed by atoms with Crippen LogP contribution in [0.1, 0.15) is 21.7 Å². The summed E-state index contributed by atoms with van der Waals surface area (Å²) in [6.07, 6.45) is 2.96. The lowest BCUT2D eigenvalue weighted by Gasteiger charge is -1.95. The summed E-state index contributed by atoms with van der Waals surface area (Å²) in [6, 6.07) is 4.25. The van der Waals surface area contributed by atoms with Crippen molar-refractivity contribution in [2.75, 3.05) is 6.54 Å². The summed E-state index contributed by atoms with van der Waals surface area (Å²) < 4.78 is 0. The molecule has 0 amide bonds. The highest BCUT2D eigenvalue weighted by Gasteiger charge is 2.03. The van der Waals surface area contributed by atoms with E-state index >= 15 is 0 Å². The molecule has 0 radical (unpaired) electrons. The summed E-state index contributed by atoms with van der Waals surface area (Å²) in [5.41, 5.74) is 0. The number of rotatable bonds is 5. The molecular formula is C11H14N2S2. The second kappa shape index (κ2) is 5.39. The summed E-state index contributed by atoms with van der Waals surface area (Å²) in [5.74, 6) is 0. The Bertz CT molecular complexity index is 392. The first-order valence-electron chi connectivity index (χ1n) is 5.05. The maximum absolute atomic E-state index is 4.43. The molecule has 0 saturated heterocycles. The fourth-order valence-corrected chi connectivity index (χ4v) is 3.04. The van der Waals surface area contributed by atoms with Crippen LogP contribution >= 0.6 is 22.7 Å². The first kappa shape index (κ1) is 10.8. The number of nitrogens with one attached hydrogen (secondary N) is 1. The van der Waals surface area contributed by atoms with Crippen molar-refractivity contribution in [1.82, 2.24) is 10.3 Å². The predicted octanol–water partition coefficient (Wildman–Crippen LogP) is 2.90. The largest absolute Gasteiger partial charge is 0.312 e. The maximum Gasteiger partial charge on any atom is 0.0980 e. The zero-order chi connectivity index (χ0) is 10.5. The highest BCUT2D eigenvalue weighted by Crippen LogP contribution is 2.19. The highest BCUT2D eigenvalue weighted by atomic mass is 32.1. The molecule has 2 heterocycles. The molecule has 0 fully saturated rings. The molecule has 2 aromatic heterocycles. The molecule has 4 heteroatoms. The van der Waals surface area contributed by atoms with Gasteiger partial charge in [-0.25, -0.2) is 4.98 Å². The number of hydrogen-bond acceptors (Lipinski definition) is 4. The molecule has 0 saturated carbocycles. The van der Waals surface area contributed by atoms with Crippen molar-refractivity contribution in [3.05, 3.63) is 38.5 Å². The van der Waals surface area contributed by atoms with Crippen molar-refractivity contribution in [2.45, 2.75) is 19.9 Å². The molecule has 0 aliphatic heterocycles. The third-order valence-corrected chi connectivity index (χ3v) is 3.93. The molecule has 2 nitrogen and oxygen atoms in total. The van der Waals surface area contributed by atoms with Gasteiger partial charge >= 0.3 is 0 Å². The fraction of sp³-hybridized carbons (Fsp3) is 0.364. The van der Waals surface area contributed by atoms with E-state index in [4.69, 9.17) is 0 Å². The molecule has 2 rings (SSSR count). The molecule has 1 N–H and O–H groups in total. The standard InChI is InChI=1S/C11H14N2S2/c1-2-12-7-10-8-13-11(15-10)6-9-4-3-5-14-9/h3-5,8,12H,2,6-7H2,1H3. The molecule has 0 unspecified atom stereocenters. The van der Waals surface area contributed by atoms with Gasteiger partial charge in [0.15, 0.2) is 0 Å². The van der Waals surface area contributed by atoms with Gasteiger partial charge in [-0.3, -0.25) is 0 Å². The Hall–Kier alpha value is -0.710. The highest BCUT2D eigenvalue weighted by molar-refractivity contribution is 7.12. The Morgan fingerprint density at radius 2 is 2.33 bits per heavy atom. The van der Waals surface area contributed by atoms with Crippen LogP contribution in [0.5, 0.6) is 0 Å². The smallest absolute Gasteiger partial charge is 0.0980 e. The second-order valence-corrected chi connectivity index (χ2v) is 5.49.